The molecule has 0 heterocycles. The number of aliphatic hydroxyl groups is 1. The Morgan fingerprint density at radius 2 is 1.31 bits per heavy atom. The lowest BCUT2D eigenvalue weighted by atomic mass is 10.1. The van der Waals surface area contributed by atoms with Gasteiger partial charge in [-0.2, -0.15) is 0 Å². The van der Waals surface area contributed by atoms with Crippen molar-refractivity contribution in [3.05, 3.63) is 0 Å². The number of alkyl halides is 1. The molecule has 0 unspecified atom stereocenters. The van der Waals surface area contributed by atoms with Crippen LogP contribution in [0.2, 0.25) is 0 Å². The molecule has 0 aromatic rings. The number of unbranched alkanes of at least 4 members (excludes halogenated alkanes) is 6. The zero-order valence-corrected chi connectivity index (χ0v) is 11.2. The molecule has 0 radical (unpaired) electrons. The molecule has 0 fully saturated rings. The Labute approximate surface area is 99.2 Å². The van der Waals surface area contributed by atoms with Crippen molar-refractivity contribution >= 4 is 16.9 Å². The van der Waals surface area contributed by atoms with Crippen LogP contribution in [-0.4, -0.2) is 16.9 Å². The Kier molecular flexibility index (Phi) is 10.3. The maximum Gasteiger partial charge on any atom is 0.267 e. The van der Waals surface area contributed by atoms with E-state index >= 15 is 0 Å². The highest BCUT2D eigenvalue weighted by molar-refractivity contribution is 7.45. The number of halogens is 1. The van der Waals surface area contributed by atoms with Gasteiger partial charge in [-0.25, -0.2) is 4.39 Å². The largest absolute Gasteiger partial charge is 0.396 e. The van der Waals surface area contributed by atoms with Gasteiger partial charge in [-0.3, -0.25) is 9.13 Å². The van der Waals surface area contributed by atoms with E-state index in [-0.39, 0.29) is 13.0 Å². The van der Waals surface area contributed by atoms with E-state index in [1.165, 1.54) is 0 Å². The lowest BCUT2D eigenvalue weighted by Crippen LogP contribution is -2.03. The smallest absolute Gasteiger partial charge is 0.267 e. The van der Waals surface area contributed by atoms with Crippen LogP contribution in [0.3, 0.4) is 0 Å². The van der Waals surface area contributed by atoms with E-state index in [1.54, 1.807) is 0 Å². The van der Waals surface area contributed by atoms with Crippen molar-refractivity contribution in [3.63, 3.8) is 0 Å². The van der Waals surface area contributed by atoms with Crippen molar-refractivity contribution in [2.45, 2.75) is 56.5 Å². The monoisotopic (exact) mass is 268 g/mol. The second kappa shape index (κ2) is 10.3. The lowest BCUT2D eigenvalue weighted by molar-refractivity contribution is 0.282. The third-order valence-electron chi connectivity index (χ3n) is 2.43. The second-order valence-electron chi connectivity index (χ2n) is 3.85. The summed E-state index contributed by atoms with van der Waals surface area (Å²) in [6.07, 6.45) is 6.60. The number of rotatable bonds is 11. The first-order chi connectivity index (χ1) is 7.68. The van der Waals surface area contributed by atoms with Crippen LogP contribution in [-0.2, 0) is 9.13 Å². The molecule has 0 aromatic carbocycles. The summed E-state index contributed by atoms with van der Waals surface area (Å²) < 4.78 is 34.0. The average Bonchev–Trinajstić information content (AvgIpc) is 2.32. The van der Waals surface area contributed by atoms with Crippen molar-refractivity contribution in [1.29, 1.82) is 0 Å². The Hall–Kier alpha value is 0.0900. The summed E-state index contributed by atoms with van der Waals surface area (Å²) >= 11 is 0. The minimum Gasteiger partial charge on any atom is -0.396 e. The number of hydrogen-bond acceptors (Lipinski definition) is 3. The molecule has 0 saturated heterocycles. The first-order valence-corrected chi connectivity index (χ1v) is 7.30. The molecule has 0 aromatic heterocycles. The molecule has 0 atom stereocenters. The Morgan fingerprint density at radius 3 is 1.75 bits per heavy atom. The molecule has 0 bridgehead atoms. The third kappa shape index (κ3) is 8.27. The van der Waals surface area contributed by atoms with Crippen LogP contribution in [0.25, 0.3) is 0 Å². The zero-order chi connectivity index (χ0) is 12.3. The predicted molar refractivity (Wildman–Crippen MR) is 63.1 cm³/mol. The molecular weight excluding hydrogens is 249 g/mol. The number of hydrogen-bond donors (Lipinski definition) is 1. The highest BCUT2D eigenvalue weighted by Gasteiger charge is 2.30. The summed E-state index contributed by atoms with van der Waals surface area (Å²) in [5.41, 5.74) is 0. The third-order valence-corrected chi connectivity index (χ3v) is 3.93. The van der Waals surface area contributed by atoms with Gasteiger partial charge in [0.1, 0.15) is 0 Å². The van der Waals surface area contributed by atoms with Crippen molar-refractivity contribution < 1.29 is 18.6 Å². The van der Waals surface area contributed by atoms with E-state index in [0.29, 0.717) is 6.42 Å². The minimum absolute atomic E-state index is 0.0831. The van der Waals surface area contributed by atoms with Gasteiger partial charge in [0.15, 0.2) is 0 Å². The van der Waals surface area contributed by atoms with Gasteiger partial charge in [-0.15, -0.1) is 0 Å². The normalized spacial score (nSPS) is 15.4. The molecule has 0 saturated carbocycles. The summed E-state index contributed by atoms with van der Waals surface area (Å²) in [6, 6.07) is 0. The molecule has 6 heteroatoms. The maximum atomic E-state index is 13.2. The van der Waals surface area contributed by atoms with Crippen LogP contribution in [0.1, 0.15) is 51.4 Å². The number of aliphatic hydroxyl groups excluding tert-OH is 1. The minimum atomic E-state index is -2.07. The molecule has 0 rings (SSSR count). The quantitative estimate of drug-likeness (QED) is 0.449. The highest BCUT2D eigenvalue weighted by Crippen LogP contribution is 2.40. The average molecular weight is 268 g/mol. The van der Waals surface area contributed by atoms with Gasteiger partial charge in [-0.1, -0.05) is 32.1 Å². The molecule has 3 nitrogen and oxygen atoms in total. The van der Waals surface area contributed by atoms with Crippen LogP contribution in [0, 0.1) is 0 Å². The van der Waals surface area contributed by atoms with Crippen LogP contribution in [0.4, 0.5) is 4.39 Å². The molecule has 0 aliphatic heterocycles. The zero-order valence-electron chi connectivity index (χ0n) is 9.40. The molecule has 16 heavy (non-hydrogen) atoms. The molecule has 0 amide bonds. The van der Waals surface area contributed by atoms with Gasteiger partial charge in [0.05, 0.1) is 0 Å². The van der Waals surface area contributed by atoms with Gasteiger partial charge in [0, 0.05) is 13.0 Å². The first-order valence-electron chi connectivity index (χ1n) is 5.67. The van der Waals surface area contributed by atoms with Crippen LogP contribution >= 0.6 is 16.9 Å². The topological polar surface area (TPSA) is 54.4 Å². The van der Waals surface area contributed by atoms with E-state index in [2.05, 4.69) is 0 Å². The second-order valence-corrected chi connectivity index (χ2v) is 5.99. The fraction of sp³-hybridized carbons (Fsp3) is 1.00. The molecular formula is C10H19FO3P2. The summed E-state index contributed by atoms with van der Waals surface area (Å²) in [5.74, 6) is 0. The Bertz CT molecular complexity index is 195. The van der Waals surface area contributed by atoms with Crippen LogP contribution < -0.4 is 0 Å². The Morgan fingerprint density at radius 1 is 0.875 bits per heavy atom. The van der Waals surface area contributed by atoms with Crippen molar-refractivity contribution in [1.82, 2.24) is 0 Å². The van der Waals surface area contributed by atoms with E-state index in [1.807, 2.05) is 0 Å². The molecule has 94 valence electrons. The van der Waals surface area contributed by atoms with Crippen LogP contribution in [0.15, 0.2) is 0 Å². The van der Waals surface area contributed by atoms with Crippen molar-refractivity contribution in [2.75, 3.05) is 6.61 Å². The van der Waals surface area contributed by atoms with E-state index < -0.39 is 22.1 Å². The standard InChI is InChI=1S/C10H19FO3P2/c11-10(15-13,16-14)8-6-4-2-1-3-5-7-9-12/h12H,1-9H2. The van der Waals surface area contributed by atoms with E-state index in [4.69, 9.17) is 5.11 Å². The van der Waals surface area contributed by atoms with Crippen molar-refractivity contribution in [2.24, 2.45) is 0 Å². The van der Waals surface area contributed by atoms with Gasteiger partial charge < -0.3 is 5.11 Å². The summed E-state index contributed by atoms with van der Waals surface area (Å²) in [7, 11) is -1.38. The first kappa shape index (κ1) is 16.1. The predicted octanol–water partition coefficient (Wildman–Crippen LogP) is 4.31. The van der Waals surface area contributed by atoms with Crippen LogP contribution in [0.5, 0.6) is 0 Å². The fourth-order valence-corrected chi connectivity index (χ4v) is 2.09. The molecule has 0 aliphatic rings. The maximum absolute atomic E-state index is 13.2. The summed E-state index contributed by atoms with van der Waals surface area (Å²) in [6.45, 7) is 0.246. The fourth-order valence-electron chi connectivity index (χ4n) is 1.45. The summed E-state index contributed by atoms with van der Waals surface area (Å²) in [5, 5.41) is 6.48. The van der Waals surface area contributed by atoms with Gasteiger partial charge in [0.25, 0.3) is 5.15 Å². The molecule has 0 aliphatic carbocycles. The molecule has 0 spiro atoms. The van der Waals surface area contributed by atoms with E-state index in [0.717, 1.165) is 38.5 Å². The van der Waals surface area contributed by atoms with Gasteiger partial charge in [0.2, 0.25) is 16.9 Å². The van der Waals surface area contributed by atoms with Crippen molar-refractivity contribution in [3.8, 4) is 0 Å². The lowest BCUT2D eigenvalue weighted by Gasteiger charge is -2.07. The molecule has 1 N–H and O–H groups in total. The summed E-state index contributed by atoms with van der Waals surface area (Å²) in [4.78, 5) is 0. The van der Waals surface area contributed by atoms with Gasteiger partial charge in [-0.05, 0) is 12.8 Å². The highest BCUT2D eigenvalue weighted by atomic mass is 31.1. The van der Waals surface area contributed by atoms with E-state index in [9.17, 15) is 13.5 Å². The Balaban J connectivity index is 3.33. The van der Waals surface area contributed by atoms with Gasteiger partial charge >= 0.3 is 0 Å². The SMILES string of the molecule is O=PC(F)(CCCCCCCCCO)P=O.